The smallest absolute Gasteiger partial charge is 0.352 e. The molecule has 0 aromatic carbocycles. The minimum Gasteiger partial charge on any atom is -0.378 e. The molecule has 1 unspecified atom stereocenters. The van der Waals surface area contributed by atoms with Crippen molar-refractivity contribution in [2.75, 3.05) is 37.7 Å². The number of likely N-dealkylation sites (tertiary alicyclic amines) is 1. The van der Waals surface area contributed by atoms with E-state index in [0.717, 1.165) is 25.9 Å². The van der Waals surface area contributed by atoms with Crippen LogP contribution >= 0.6 is 0 Å². The molecule has 8 heteroatoms. The normalized spacial score (nSPS) is 20.2. The number of hydrogen-bond acceptors (Lipinski definition) is 7. The van der Waals surface area contributed by atoms with E-state index in [1.54, 1.807) is 0 Å². The van der Waals surface area contributed by atoms with Gasteiger partial charge in [-0.15, -0.1) is 0 Å². The van der Waals surface area contributed by atoms with Crippen molar-refractivity contribution in [2.45, 2.75) is 12.8 Å². The van der Waals surface area contributed by atoms with Crippen LogP contribution in [-0.4, -0.2) is 46.5 Å². The van der Waals surface area contributed by atoms with E-state index >= 15 is 0 Å². The molecular weight excluding hydrogens is 248 g/mol. The highest BCUT2D eigenvalue weighted by molar-refractivity contribution is 5.67. The number of anilines is 2. The molecule has 1 saturated heterocycles. The van der Waals surface area contributed by atoms with Gasteiger partial charge >= 0.3 is 5.69 Å². The number of hydrogen-bond donors (Lipinski definition) is 2. The van der Waals surface area contributed by atoms with Crippen molar-refractivity contribution in [3.05, 3.63) is 16.4 Å². The Balaban J connectivity index is 2.03. The molecule has 0 saturated carbocycles. The highest BCUT2D eigenvalue weighted by atomic mass is 16.6. The molecule has 8 nitrogen and oxygen atoms in total. The predicted octanol–water partition coefficient (Wildman–Crippen LogP) is 0.721. The molecule has 104 valence electrons. The zero-order valence-electron chi connectivity index (χ0n) is 10.9. The third-order valence-corrected chi connectivity index (χ3v) is 3.31. The molecule has 0 spiro atoms. The standard InChI is InChI=1S/C11H18N6O2/c1-16-4-2-3-8(6-16)5-13-11-9(17(18)19)10(12)14-7-15-11/h7-8H,2-6H2,1H3,(H3,12,13,14,15). The average Bonchev–Trinajstić information content (AvgIpc) is 2.36. The number of piperidine rings is 1. The van der Waals surface area contributed by atoms with Crippen LogP contribution in [0.4, 0.5) is 17.3 Å². The summed E-state index contributed by atoms with van der Waals surface area (Å²) in [5.74, 6) is 0.559. The number of nitrogens with one attached hydrogen (secondary N) is 1. The number of nitrogen functional groups attached to an aromatic ring is 1. The van der Waals surface area contributed by atoms with E-state index in [1.807, 2.05) is 0 Å². The largest absolute Gasteiger partial charge is 0.378 e. The molecule has 0 bridgehead atoms. The Morgan fingerprint density at radius 3 is 3.11 bits per heavy atom. The van der Waals surface area contributed by atoms with E-state index in [4.69, 9.17) is 5.73 Å². The van der Waals surface area contributed by atoms with Crippen molar-refractivity contribution in [1.82, 2.24) is 14.9 Å². The summed E-state index contributed by atoms with van der Waals surface area (Å²) >= 11 is 0. The molecule has 1 fully saturated rings. The van der Waals surface area contributed by atoms with E-state index in [9.17, 15) is 10.1 Å². The maximum Gasteiger partial charge on any atom is 0.352 e. The molecule has 1 aromatic rings. The SMILES string of the molecule is CN1CCCC(CNc2ncnc(N)c2[N+](=O)[O-])C1. The Kier molecular flexibility index (Phi) is 4.10. The van der Waals surface area contributed by atoms with E-state index < -0.39 is 4.92 Å². The minimum absolute atomic E-state index is 0.108. The molecule has 1 aliphatic heterocycles. The van der Waals surface area contributed by atoms with Crippen molar-refractivity contribution in [3.63, 3.8) is 0 Å². The molecule has 19 heavy (non-hydrogen) atoms. The number of nitrogens with two attached hydrogens (primary N) is 1. The fourth-order valence-electron chi connectivity index (χ4n) is 2.38. The van der Waals surface area contributed by atoms with Crippen LogP contribution in [0.15, 0.2) is 6.33 Å². The molecule has 0 amide bonds. The van der Waals surface area contributed by atoms with Crippen LogP contribution in [0.5, 0.6) is 0 Å². The lowest BCUT2D eigenvalue weighted by Gasteiger charge is -2.29. The van der Waals surface area contributed by atoms with Gasteiger partial charge in [0.05, 0.1) is 4.92 Å². The monoisotopic (exact) mass is 266 g/mol. The molecule has 0 radical (unpaired) electrons. The summed E-state index contributed by atoms with van der Waals surface area (Å²) < 4.78 is 0. The zero-order valence-corrected chi connectivity index (χ0v) is 10.9. The van der Waals surface area contributed by atoms with Gasteiger partial charge in [0, 0.05) is 13.1 Å². The lowest BCUT2D eigenvalue weighted by Crippen LogP contribution is -2.35. The summed E-state index contributed by atoms with van der Waals surface area (Å²) in [6.45, 7) is 2.75. The van der Waals surface area contributed by atoms with Gasteiger partial charge in [0.1, 0.15) is 6.33 Å². The van der Waals surface area contributed by atoms with Gasteiger partial charge in [-0.2, -0.15) is 0 Å². The van der Waals surface area contributed by atoms with Crippen LogP contribution in [0.1, 0.15) is 12.8 Å². The summed E-state index contributed by atoms with van der Waals surface area (Å²) in [7, 11) is 2.08. The van der Waals surface area contributed by atoms with Gasteiger partial charge in [0.15, 0.2) is 0 Å². The van der Waals surface area contributed by atoms with Crippen LogP contribution in [0.2, 0.25) is 0 Å². The molecule has 2 heterocycles. The Labute approximate surface area is 111 Å². The Morgan fingerprint density at radius 2 is 2.42 bits per heavy atom. The minimum atomic E-state index is -0.551. The second-order valence-corrected chi connectivity index (χ2v) is 4.86. The van der Waals surface area contributed by atoms with Crippen molar-refractivity contribution < 1.29 is 4.92 Å². The van der Waals surface area contributed by atoms with Gasteiger partial charge < -0.3 is 16.0 Å². The maximum atomic E-state index is 10.9. The fourth-order valence-corrected chi connectivity index (χ4v) is 2.38. The summed E-state index contributed by atoms with van der Waals surface area (Å²) in [6, 6.07) is 0. The quantitative estimate of drug-likeness (QED) is 0.610. The summed E-state index contributed by atoms with van der Waals surface area (Å²) in [5.41, 5.74) is 5.27. The van der Waals surface area contributed by atoms with Crippen LogP contribution < -0.4 is 11.1 Å². The number of nitro groups is 1. The molecule has 1 aliphatic rings. The van der Waals surface area contributed by atoms with Gasteiger partial charge in [0.25, 0.3) is 0 Å². The third kappa shape index (κ3) is 3.28. The van der Waals surface area contributed by atoms with Gasteiger partial charge in [-0.3, -0.25) is 10.1 Å². The molecule has 0 aliphatic carbocycles. The number of aromatic nitrogens is 2. The topological polar surface area (TPSA) is 110 Å². The van der Waals surface area contributed by atoms with Crippen LogP contribution in [0.25, 0.3) is 0 Å². The van der Waals surface area contributed by atoms with Crippen LogP contribution in [-0.2, 0) is 0 Å². The first kappa shape index (κ1) is 13.5. The average molecular weight is 266 g/mol. The second-order valence-electron chi connectivity index (χ2n) is 4.86. The highest BCUT2D eigenvalue weighted by Crippen LogP contribution is 2.27. The van der Waals surface area contributed by atoms with Crippen molar-refractivity contribution >= 4 is 17.3 Å². The second kappa shape index (κ2) is 5.79. The summed E-state index contributed by atoms with van der Waals surface area (Å²) in [5, 5.41) is 14.0. The zero-order chi connectivity index (χ0) is 13.8. The number of rotatable bonds is 4. The molecule has 1 atom stereocenters. The first-order valence-electron chi connectivity index (χ1n) is 6.25. The van der Waals surface area contributed by atoms with Crippen LogP contribution in [0.3, 0.4) is 0 Å². The van der Waals surface area contributed by atoms with Crippen LogP contribution in [0, 0.1) is 16.0 Å². The fraction of sp³-hybridized carbons (Fsp3) is 0.636. The van der Waals surface area contributed by atoms with Crippen molar-refractivity contribution in [3.8, 4) is 0 Å². The lowest BCUT2D eigenvalue weighted by atomic mass is 9.98. The van der Waals surface area contributed by atoms with Crippen molar-refractivity contribution in [2.24, 2.45) is 5.92 Å². The first-order chi connectivity index (χ1) is 9.08. The highest BCUT2D eigenvalue weighted by Gasteiger charge is 2.22. The Bertz CT molecular complexity index is 466. The molecule has 1 aromatic heterocycles. The van der Waals surface area contributed by atoms with E-state index in [2.05, 4.69) is 27.2 Å². The van der Waals surface area contributed by atoms with Crippen molar-refractivity contribution in [1.29, 1.82) is 0 Å². The molecular formula is C11H18N6O2. The summed E-state index contributed by atoms with van der Waals surface area (Å²) in [6.07, 6.45) is 3.50. The predicted molar refractivity (Wildman–Crippen MR) is 71.8 cm³/mol. The Morgan fingerprint density at radius 1 is 1.63 bits per heavy atom. The molecule has 3 N–H and O–H groups in total. The van der Waals surface area contributed by atoms with Gasteiger partial charge in [-0.1, -0.05) is 0 Å². The van der Waals surface area contributed by atoms with Gasteiger partial charge in [-0.05, 0) is 32.4 Å². The Hall–Kier alpha value is -1.96. The number of nitrogens with zero attached hydrogens (tertiary/aromatic N) is 4. The van der Waals surface area contributed by atoms with Gasteiger partial charge in [-0.25, -0.2) is 9.97 Å². The van der Waals surface area contributed by atoms with Gasteiger partial charge in [0.2, 0.25) is 11.6 Å². The maximum absolute atomic E-state index is 10.9. The molecule has 2 rings (SSSR count). The third-order valence-electron chi connectivity index (χ3n) is 3.31. The lowest BCUT2D eigenvalue weighted by molar-refractivity contribution is -0.383. The first-order valence-corrected chi connectivity index (χ1v) is 6.25. The van der Waals surface area contributed by atoms with E-state index in [-0.39, 0.29) is 17.3 Å². The van der Waals surface area contributed by atoms with E-state index in [0.29, 0.717) is 12.5 Å². The van der Waals surface area contributed by atoms with E-state index in [1.165, 1.54) is 6.33 Å². The summed E-state index contributed by atoms with van der Waals surface area (Å²) in [4.78, 5) is 20.2.